The maximum atomic E-state index is 10.6. The zero-order valence-electron chi connectivity index (χ0n) is 6.00. The molecule has 1 aromatic carbocycles. The van der Waals surface area contributed by atoms with Gasteiger partial charge in [0.15, 0.2) is 0 Å². The SMILES string of the molecule is C=O.O=S(Cl)c1cccc(Cl)c1. The number of hydrogen-bond acceptors (Lipinski definition) is 2. The van der Waals surface area contributed by atoms with E-state index >= 15 is 0 Å². The highest BCUT2D eigenvalue weighted by Crippen LogP contribution is 2.15. The fourth-order valence-corrected chi connectivity index (χ4v) is 1.51. The van der Waals surface area contributed by atoms with Gasteiger partial charge in [0, 0.05) is 5.02 Å². The number of halogens is 2. The van der Waals surface area contributed by atoms with Crippen LogP contribution in [0, 0.1) is 0 Å². The Morgan fingerprint density at radius 1 is 1.33 bits per heavy atom. The molecule has 0 amide bonds. The van der Waals surface area contributed by atoms with Crippen molar-refractivity contribution in [2.75, 3.05) is 0 Å². The summed E-state index contributed by atoms with van der Waals surface area (Å²) < 4.78 is 10.6. The normalized spacial score (nSPS) is 11.2. The summed E-state index contributed by atoms with van der Waals surface area (Å²) in [5, 5.41) is 0.548. The summed E-state index contributed by atoms with van der Waals surface area (Å²) in [4.78, 5) is 8.54. The second-order valence-electron chi connectivity index (χ2n) is 1.68. The van der Waals surface area contributed by atoms with Crippen molar-refractivity contribution in [3.05, 3.63) is 29.3 Å². The number of hydrogen-bond donors (Lipinski definition) is 0. The largest absolute Gasteiger partial charge is 0.307 e. The molecule has 0 aromatic heterocycles. The molecule has 0 heterocycles. The zero-order valence-corrected chi connectivity index (χ0v) is 8.33. The monoisotopic (exact) mass is 224 g/mol. The van der Waals surface area contributed by atoms with Crippen molar-refractivity contribution in [3.63, 3.8) is 0 Å². The molecule has 0 aliphatic rings. The molecule has 0 aliphatic heterocycles. The first kappa shape index (κ1) is 11.6. The Morgan fingerprint density at radius 2 is 1.92 bits per heavy atom. The lowest BCUT2D eigenvalue weighted by Gasteiger charge is -1.92. The second-order valence-corrected chi connectivity index (χ2v) is 3.88. The molecule has 1 unspecified atom stereocenters. The predicted molar refractivity (Wildman–Crippen MR) is 50.8 cm³/mol. The highest BCUT2D eigenvalue weighted by Gasteiger charge is 1.97. The van der Waals surface area contributed by atoms with Gasteiger partial charge in [-0.05, 0) is 28.9 Å². The lowest BCUT2D eigenvalue weighted by Crippen LogP contribution is -1.78. The van der Waals surface area contributed by atoms with E-state index < -0.39 is 10.0 Å². The summed E-state index contributed by atoms with van der Waals surface area (Å²) in [7, 11) is 3.84. The summed E-state index contributed by atoms with van der Waals surface area (Å²) in [6, 6.07) is 6.65. The first-order valence-corrected chi connectivity index (χ1v) is 5.18. The summed E-state index contributed by atoms with van der Waals surface area (Å²) >= 11 is 5.60. The van der Waals surface area contributed by atoms with Crippen LogP contribution in [0.2, 0.25) is 5.02 Å². The van der Waals surface area contributed by atoms with E-state index in [9.17, 15) is 4.21 Å². The minimum absolute atomic E-state index is 0.536. The lowest BCUT2D eigenvalue weighted by atomic mass is 10.4. The summed E-state index contributed by atoms with van der Waals surface area (Å²) in [6.45, 7) is 2.00. The molecule has 0 aliphatic carbocycles. The Labute approximate surface area is 82.4 Å². The van der Waals surface area contributed by atoms with E-state index in [2.05, 4.69) is 0 Å². The van der Waals surface area contributed by atoms with Crippen LogP contribution in [0.5, 0.6) is 0 Å². The third-order valence-electron chi connectivity index (χ3n) is 0.981. The van der Waals surface area contributed by atoms with Crippen LogP contribution in [0.4, 0.5) is 0 Å². The highest BCUT2D eigenvalue weighted by atomic mass is 35.7. The molecule has 5 heteroatoms. The molecule has 0 fully saturated rings. The molecule has 0 saturated heterocycles. The molecular formula is C7H6Cl2O2S. The second kappa shape index (κ2) is 6.17. The predicted octanol–water partition coefficient (Wildman–Crippen LogP) is 2.42. The van der Waals surface area contributed by atoms with Crippen molar-refractivity contribution in [1.29, 1.82) is 0 Å². The molecule has 0 saturated carbocycles. The van der Waals surface area contributed by atoms with E-state index in [-0.39, 0.29) is 0 Å². The Balaban J connectivity index is 0.000000561. The van der Waals surface area contributed by atoms with Crippen LogP contribution in [0.3, 0.4) is 0 Å². The maximum Gasteiger partial charge on any atom is 0.147 e. The Bertz CT molecular complexity index is 278. The lowest BCUT2D eigenvalue weighted by molar-refractivity contribution is -0.0979. The van der Waals surface area contributed by atoms with E-state index in [1.807, 2.05) is 6.79 Å². The average Bonchev–Trinajstić information content (AvgIpc) is 2.08. The highest BCUT2D eigenvalue weighted by molar-refractivity contribution is 8.08. The molecular weight excluding hydrogens is 219 g/mol. The van der Waals surface area contributed by atoms with Gasteiger partial charge in [0.2, 0.25) is 0 Å². The van der Waals surface area contributed by atoms with E-state index in [1.54, 1.807) is 24.3 Å². The summed E-state index contributed by atoms with van der Waals surface area (Å²) in [6.07, 6.45) is 0. The van der Waals surface area contributed by atoms with Gasteiger partial charge in [0.05, 0.1) is 4.90 Å². The van der Waals surface area contributed by atoms with Gasteiger partial charge in [-0.3, -0.25) is 0 Å². The molecule has 0 bridgehead atoms. The van der Waals surface area contributed by atoms with E-state index in [0.717, 1.165) is 0 Å². The minimum atomic E-state index is -1.45. The molecule has 66 valence electrons. The van der Waals surface area contributed by atoms with Crippen LogP contribution in [0.15, 0.2) is 29.2 Å². The summed E-state index contributed by atoms with van der Waals surface area (Å²) in [5.74, 6) is 0. The summed E-state index contributed by atoms with van der Waals surface area (Å²) in [5.41, 5.74) is 0. The van der Waals surface area contributed by atoms with E-state index in [4.69, 9.17) is 27.1 Å². The van der Waals surface area contributed by atoms with Crippen molar-refractivity contribution < 1.29 is 9.00 Å². The average molecular weight is 225 g/mol. The van der Waals surface area contributed by atoms with Crippen LogP contribution < -0.4 is 0 Å². The van der Waals surface area contributed by atoms with Crippen molar-refractivity contribution in [3.8, 4) is 0 Å². The van der Waals surface area contributed by atoms with Crippen LogP contribution >= 0.6 is 22.3 Å². The Hall–Kier alpha value is -0.380. The van der Waals surface area contributed by atoms with Gasteiger partial charge < -0.3 is 4.79 Å². The van der Waals surface area contributed by atoms with Crippen molar-refractivity contribution in [2.24, 2.45) is 0 Å². The third kappa shape index (κ3) is 3.85. The van der Waals surface area contributed by atoms with Gasteiger partial charge in [-0.15, -0.1) is 0 Å². The number of benzene rings is 1. The minimum Gasteiger partial charge on any atom is -0.307 e. The number of carbonyl (C=O) groups is 1. The van der Waals surface area contributed by atoms with Gasteiger partial charge in [-0.2, -0.15) is 0 Å². The van der Waals surface area contributed by atoms with Crippen LogP contribution in [-0.4, -0.2) is 11.0 Å². The van der Waals surface area contributed by atoms with Crippen molar-refractivity contribution in [2.45, 2.75) is 4.90 Å². The number of rotatable bonds is 1. The zero-order chi connectivity index (χ0) is 9.56. The quantitative estimate of drug-likeness (QED) is 0.687. The van der Waals surface area contributed by atoms with Gasteiger partial charge >= 0.3 is 0 Å². The third-order valence-corrected chi connectivity index (χ3v) is 2.38. The molecule has 12 heavy (non-hydrogen) atoms. The van der Waals surface area contributed by atoms with Gasteiger partial charge in [0.1, 0.15) is 16.8 Å². The standard InChI is InChI=1S/C6H4Cl2OS.CH2O/c7-5-2-1-3-6(4-5)10(8)9;1-2/h1-4H;1H2. The first-order valence-electron chi connectivity index (χ1n) is 2.82. The fourth-order valence-electron chi connectivity index (χ4n) is 0.567. The first-order chi connectivity index (χ1) is 5.70. The van der Waals surface area contributed by atoms with E-state index in [1.165, 1.54) is 0 Å². The van der Waals surface area contributed by atoms with Crippen LogP contribution in [-0.2, 0) is 14.8 Å². The molecule has 0 radical (unpaired) electrons. The molecule has 2 nitrogen and oxygen atoms in total. The number of carbonyl (C=O) groups excluding carboxylic acids is 1. The molecule has 1 aromatic rings. The topological polar surface area (TPSA) is 34.1 Å². The maximum absolute atomic E-state index is 10.6. The molecule has 0 spiro atoms. The Kier molecular flexibility index (Phi) is 5.98. The Morgan fingerprint density at radius 3 is 2.25 bits per heavy atom. The van der Waals surface area contributed by atoms with Crippen LogP contribution in [0.25, 0.3) is 0 Å². The molecule has 1 atom stereocenters. The van der Waals surface area contributed by atoms with E-state index in [0.29, 0.717) is 9.92 Å². The van der Waals surface area contributed by atoms with Crippen molar-refractivity contribution >= 4 is 39.1 Å². The van der Waals surface area contributed by atoms with Gasteiger partial charge in [0.25, 0.3) is 0 Å². The van der Waals surface area contributed by atoms with Crippen molar-refractivity contribution in [1.82, 2.24) is 0 Å². The molecule has 0 N–H and O–H groups in total. The van der Waals surface area contributed by atoms with Gasteiger partial charge in [-0.25, -0.2) is 4.21 Å². The van der Waals surface area contributed by atoms with Crippen LogP contribution in [0.1, 0.15) is 0 Å². The van der Waals surface area contributed by atoms with Gasteiger partial charge in [-0.1, -0.05) is 17.7 Å². The fraction of sp³-hybridized carbons (Fsp3) is 0. The molecule has 1 rings (SSSR count). The smallest absolute Gasteiger partial charge is 0.147 e.